The number of benzene rings is 1. The summed E-state index contributed by atoms with van der Waals surface area (Å²) < 4.78 is 0. The molecule has 0 saturated heterocycles. The molecular weight excluding hydrogens is 319 g/mol. The molecule has 25 heavy (non-hydrogen) atoms. The summed E-state index contributed by atoms with van der Waals surface area (Å²) in [5.41, 5.74) is 3.26. The van der Waals surface area contributed by atoms with Crippen molar-refractivity contribution < 1.29 is 6.53 Å². The van der Waals surface area contributed by atoms with Crippen molar-refractivity contribution in [3.8, 4) is 5.75 Å². The fourth-order valence-corrected chi connectivity index (χ4v) is 4.21. The smallest absolute Gasteiger partial charge is 0.123 e. The summed E-state index contributed by atoms with van der Waals surface area (Å²) in [6, 6.07) is 4.18. The molecule has 0 amide bonds. The van der Waals surface area contributed by atoms with E-state index in [9.17, 15) is 5.11 Å². The van der Waals surface area contributed by atoms with Crippen molar-refractivity contribution in [2.24, 2.45) is 11.8 Å². The third-order valence-electron chi connectivity index (χ3n) is 4.15. The molecular formula is C23H43AlO. The van der Waals surface area contributed by atoms with Gasteiger partial charge in [0.1, 0.15) is 5.75 Å². The Labute approximate surface area is 165 Å². The molecule has 0 radical (unpaired) electrons. The number of aromatic hydroxyl groups is 1. The zero-order chi connectivity index (χ0) is 20.0. The van der Waals surface area contributed by atoms with Crippen LogP contribution in [-0.4, -0.2) is 20.3 Å². The molecule has 0 aliphatic heterocycles. The largest absolute Gasteiger partial charge is 1.00 e. The number of hydrogen-bond donors (Lipinski definition) is 1. The van der Waals surface area contributed by atoms with Crippen LogP contribution in [0.25, 0.3) is 0 Å². The maximum atomic E-state index is 10.4. The molecule has 1 rings (SSSR count). The molecule has 0 aliphatic carbocycles. The summed E-state index contributed by atoms with van der Waals surface area (Å²) >= 11 is 0.755. The molecule has 144 valence electrons. The van der Waals surface area contributed by atoms with Gasteiger partial charge in [-0.25, -0.2) is 0 Å². The first-order valence-corrected chi connectivity index (χ1v) is 11.5. The zero-order valence-corrected chi connectivity index (χ0v) is 19.9. The van der Waals surface area contributed by atoms with Crippen LogP contribution in [0.4, 0.5) is 0 Å². The Balaban J connectivity index is 0. The van der Waals surface area contributed by atoms with Crippen LogP contribution < -0.4 is 0 Å². The zero-order valence-electron chi connectivity index (χ0n) is 19.7. The summed E-state index contributed by atoms with van der Waals surface area (Å²) in [6.45, 7) is 24.1. The third-order valence-corrected chi connectivity index (χ3v) is 6.70. The summed E-state index contributed by atoms with van der Waals surface area (Å²) in [5.74, 6) is 2.32. The second-order valence-electron chi connectivity index (χ2n) is 10.3. The van der Waals surface area contributed by atoms with Crippen molar-refractivity contribution in [2.45, 2.75) is 97.6 Å². The number of phenolic OH excluding ortho intramolecular Hbond substituents is 1. The van der Waals surface area contributed by atoms with Gasteiger partial charge in [-0.15, -0.1) is 0 Å². The van der Waals surface area contributed by atoms with Gasteiger partial charge in [-0.1, -0.05) is 59.2 Å². The van der Waals surface area contributed by atoms with Crippen LogP contribution in [0.2, 0.25) is 10.6 Å². The van der Waals surface area contributed by atoms with Crippen LogP contribution in [0.15, 0.2) is 12.1 Å². The standard InChI is InChI=1S/C15H24O.2C4H9.Al.H/c1-10-8-11(14(2,3)4)13(16)12(9-10)15(5,6)7;2*1-4(2)3;;/h8-9,16H,1-7H3;2*4H,1H2,2-3H3;;/q;;;+1;-1. The van der Waals surface area contributed by atoms with Crippen LogP contribution in [0.5, 0.6) is 5.75 Å². The van der Waals surface area contributed by atoms with Crippen molar-refractivity contribution in [2.75, 3.05) is 0 Å². The van der Waals surface area contributed by atoms with Gasteiger partial charge in [0.15, 0.2) is 0 Å². The van der Waals surface area contributed by atoms with E-state index < -0.39 is 0 Å². The Morgan fingerprint density at radius 3 is 1.40 bits per heavy atom. The topological polar surface area (TPSA) is 20.2 Å². The van der Waals surface area contributed by atoms with Crippen LogP contribution in [0.1, 0.15) is 87.4 Å². The SMILES string of the molecule is CC(C)[CH2][Al+][CH2]C(C)C.Cc1cc(C(C)(C)C)c(O)c(C(C)(C)C)c1.[H-]. The fraction of sp³-hybridized carbons (Fsp3) is 0.739. The van der Waals surface area contributed by atoms with Crippen LogP contribution in [0.3, 0.4) is 0 Å². The Kier molecular flexibility index (Phi) is 9.85. The van der Waals surface area contributed by atoms with Crippen molar-refractivity contribution in [3.05, 3.63) is 28.8 Å². The molecule has 0 saturated carbocycles. The molecule has 0 bridgehead atoms. The molecule has 1 nitrogen and oxygen atoms in total. The van der Waals surface area contributed by atoms with Crippen LogP contribution >= 0.6 is 0 Å². The van der Waals surface area contributed by atoms with Gasteiger partial charge in [-0.3, -0.25) is 0 Å². The minimum Gasteiger partial charge on any atom is -1.00 e. The van der Waals surface area contributed by atoms with E-state index in [0.29, 0.717) is 5.75 Å². The average Bonchev–Trinajstić information content (AvgIpc) is 2.38. The van der Waals surface area contributed by atoms with Crippen molar-refractivity contribution in [3.63, 3.8) is 0 Å². The van der Waals surface area contributed by atoms with E-state index in [1.165, 1.54) is 16.1 Å². The number of hydrogen-bond acceptors (Lipinski definition) is 1. The number of rotatable bonds is 4. The van der Waals surface area contributed by atoms with Crippen LogP contribution in [-0.2, 0) is 10.8 Å². The minimum absolute atomic E-state index is 0. The first kappa shape index (κ1) is 24.6. The van der Waals surface area contributed by atoms with E-state index in [4.69, 9.17) is 0 Å². The third kappa shape index (κ3) is 9.72. The van der Waals surface area contributed by atoms with E-state index in [1.807, 2.05) is 0 Å². The van der Waals surface area contributed by atoms with Gasteiger partial charge < -0.3 is 6.53 Å². The Hall–Kier alpha value is -0.448. The summed E-state index contributed by atoms with van der Waals surface area (Å²) in [6.07, 6.45) is 0. The van der Waals surface area contributed by atoms with E-state index in [0.717, 1.165) is 38.2 Å². The fourth-order valence-electron chi connectivity index (χ4n) is 2.69. The van der Waals surface area contributed by atoms with Gasteiger partial charge in [-0.2, -0.15) is 0 Å². The molecule has 0 atom stereocenters. The van der Waals surface area contributed by atoms with Crippen molar-refractivity contribution in [1.29, 1.82) is 0 Å². The molecule has 0 aliphatic rings. The quantitative estimate of drug-likeness (QED) is 0.559. The molecule has 1 N–H and O–H groups in total. The average molecular weight is 363 g/mol. The predicted octanol–water partition coefficient (Wildman–Crippen LogP) is 7.25. The first-order valence-electron chi connectivity index (χ1n) is 9.82. The Morgan fingerprint density at radius 2 is 1.16 bits per heavy atom. The minimum atomic E-state index is -0.0178. The monoisotopic (exact) mass is 362 g/mol. The van der Waals surface area contributed by atoms with E-state index >= 15 is 0 Å². The molecule has 0 aromatic heterocycles. The molecule has 0 fully saturated rings. The molecule has 0 unspecified atom stereocenters. The maximum absolute atomic E-state index is 10.4. The van der Waals surface area contributed by atoms with Crippen molar-refractivity contribution >= 4 is 15.2 Å². The summed E-state index contributed by atoms with van der Waals surface area (Å²) in [4.78, 5) is 0. The second kappa shape index (κ2) is 10.0. The van der Waals surface area contributed by atoms with Gasteiger partial charge in [0.2, 0.25) is 0 Å². The van der Waals surface area contributed by atoms with Gasteiger partial charge in [-0.05, 0) is 28.9 Å². The van der Waals surface area contributed by atoms with E-state index in [-0.39, 0.29) is 12.3 Å². The Bertz CT molecular complexity index is 479. The number of aryl methyl sites for hydroxylation is 1. The number of phenols is 1. The van der Waals surface area contributed by atoms with Crippen molar-refractivity contribution in [1.82, 2.24) is 0 Å². The van der Waals surface area contributed by atoms with Gasteiger partial charge in [0, 0.05) is 0 Å². The van der Waals surface area contributed by atoms with Gasteiger partial charge >= 0.3 is 65.3 Å². The molecule has 1 aromatic rings. The molecule has 0 heterocycles. The van der Waals surface area contributed by atoms with Gasteiger partial charge in [0.25, 0.3) is 0 Å². The normalized spacial score (nSPS) is 12.0. The molecule has 1 aromatic carbocycles. The summed E-state index contributed by atoms with van der Waals surface area (Å²) in [5, 5.41) is 13.4. The predicted molar refractivity (Wildman–Crippen MR) is 116 cm³/mol. The molecule has 2 heteroatoms. The molecule has 0 spiro atoms. The van der Waals surface area contributed by atoms with E-state index in [2.05, 4.69) is 88.3 Å². The van der Waals surface area contributed by atoms with Gasteiger partial charge in [0.05, 0.1) is 0 Å². The summed E-state index contributed by atoms with van der Waals surface area (Å²) in [7, 11) is 0. The van der Waals surface area contributed by atoms with Crippen LogP contribution in [0, 0.1) is 18.8 Å². The first-order chi connectivity index (χ1) is 11.2. The van der Waals surface area contributed by atoms with E-state index in [1.54, 1.807) is 0 Å². The Morgan fingerprint density at radius 1 is 0.840 bits per heavy atom. The second-order valence-corrected chi connectivity index (χ2v) is 11.8. The maximum Gasteiger partial charge on any atom is 0.123 e.